The molecule has 1 amide bonds. The van der Waals surface area contributed by atoms with E-state index in [1.165, 1.54) is 0 Å². The number of carbonyl (C=O) groups excluding carboxylic acids is 1. The summed E-state index contributed by atoms with van der Waals surface area (Å²) in [6, 6.07) is 3.45. The van der Waals surface area contributed by atoms with Gasteiger partial charge in [0.25, 0.3) is 5.91 Å². The van der Waals surface area contributed by atoms with Gasteiger partial charge >= 0.3 is 5.97 Å². The summed E-state index contributed by atoms with van der Waals surface area (Å²) in [5.41, 5.74) is 1.56. The van der Waals surface area contributed by atoms with Gasteiger partial charge in [0.1, 0.15) is 10.6 Å². The summed E-state index contributed by atoms with van der Waals surface area (Å²) in [6.07, 6.45) is 1.78. The van der Waals surface area contributed by atoms with Gasteiger partial charge in [-0.25, -0.2) is 4.79 Å². The van der Waals surface area contributed by atoms with E-state index in [9.17, 15) is 9.59 Å². The number of aromatic carboxylic acids is 1. The summed E-state index contributed by atoms with van der Waals surface area (Å²) in [5.74, 6) is -1.38. The Morgan fingerprint density at radius 2 is 2.24 bits per heavy atom. The van der Waals surface area contributed by atoms with Crippen molar-refractivity contribution < 1.29 is 19.4 Å². The monoisotopic (exact) mass is 308 g/mol. The second kappa shape index (κ2) is 6.55. The molecule has 0 fully saturated rings. The molecule has 0 atom stereocenters. The summed E-state index contributed by atoms with van der Waals surface area (Å²) >= 11 is 1.10. The standard InChI is InChI=1S/C14H16N2O4S/c1-9-8-21-12(14(18)19)11(9)15-13(17)10-4-3-5-16(10)6-7-20-2/h3-5,8H,6-7H2,1-2H3,(H,15,17)(H,18,19). The molecule has 2 aromatic heterocycles. The van der Waals surface area contributed by atoms with Gasteiger partial charge in [-0.15, -0.1) is 11.3 Å². The molecule has 7 heteroatoms. The number of methoxy groups -OCH3 is 1. The number of ether oxygens (including phenoxy) is 1. The van der Waals surface area contributed by atoms with Crippen molar-refractivity contribution in [3.63, 3.8) is 0 Å². The molecule has 0 aliphatic rings. The predicted octanol–water partition coefficient (Wildman–Crippen LogP) is 2.45. The number of nitrogens with zero attached hydrogens (tertiary/aromatic N) is 1. The molecule has 112 valence electrons. The second-order valence-corrected chi connectivity index (χ2v) is 5.34. The van der Waals surface area contributed by atoms with Crippen molar-refractivity contribution in [3.8, 4) is 0 Å². The highest BCUT2D eigenvalue weighted by Gasteiger charge is 2.19. The van der Waals surface area contributed by atoms with E-state index in [4.69, 9.17) is 9.84 Å². The van der Waals surface area contributed by atoms with Crippen LogP contribution in [0.15, 0.2) is 23.7 Å². The summed E-state index contributed by atoms with van der Waals surface area (Å²) in [5, 5.41) is 13.5. The Labute approximate surface area is 126 Å². The predicted molar refractivity (Wildman–Crippen MR) is 80.3 cm³/mol. The van der Waals surface area contributed by atoms with E-state index in [2.05, 4.69) is 5.32 Å². The Bertz CT molecular complexity index is 660. The minimum Gasteiger partial charge on any atom is -0.477 e. The topological polar surface area (TPSA) is 80.6 Å². The van der Waals surface area contributed by atoms with Crippen LogP contribution in [0.5, 0.6) is 0 Å². The second-order valence-electron chi connectivity index (χ2n) is 4.46. The number of hydrogen-bond acceptors (Lipinski definition) is 4. The van der Waals surface area contributed by atoms with Gasteiger partial charge in [-0.1, -0.05) is 0 Å². The van der Waals surface area contributed by atoms with E-state index in [1.807, 2.05) is 0 Å². The number of anilines is 1. The zero-order valence-electron chi connectivity index (χ0n) is 11.8. The van der Waals surface area contributed by atoms with E-state index in [-0.39, 0.29) is 10.8 Å². The van der Waals surface area contributed by atoms with Crippen LogP contribution in [0.4, 0.5) is 5.69 Å². The Balaban J connectivity index is 2.21. The fraction of sp³-hybridized carbons (Fsp3) is 0.286. The van der Waals surface area contributed by atoms with Gasteiger partial charge in [0.2, 0.25) is 0 Å². The number of nitrogens with one attached hydrogen (secondary N) is 1. The molecule has 0 radical (unpaired) electrons. The number of amides is 1. The number of rotatable bonds is 6. The van der Waals surface area contributed by atoms with Gasteiger partial charge in [0.15, 0.2) is 0 Å². The molecule has 6 nitrogen and oxygen atoms in total. The van der Waals surface area contributed by atoms with Crippen molar-refractivity contribution in [2.45, 2.75) is 13.5 Å². The van der Waals surface area contributed by atoms with Gasteiger partial charge in [0, 0.05) is 19.9 Å². The van der Waals surface area contributed by atoms with Gasteiger partial charge in [0.05, 0.1) is 12.3 Å². The normalized spacial score (nSPS) is 10.6. The minimum atomic E-state index is -1.04. The van der Waals surface area contributed by atoms with E-state index < -0.39 is 5.97 Å². The van der Waals surface area contributed by atoms with Crippen molar-refractivity contribution in [1.29, 1.82) is 0 Å². The van der Waals surface area contributed by atoms with Crippen molar-refractivity contribution in [2.24, 2.45) is 0 Å². The Morgan fingerprint density at radius 3 is 2.90 bits per heavy atom. The first-order valence-corrected chi connectivity index (χ1v) is 7.19. The third kappa shape index (κ3) is 3.32. The SMILES string of the molecule is COCCn1cccc1C(=O)Nc1c(C)csc1C(=O)O. The maximum Gasteiger partial charge on any atom is 0.348 e. The maximum absolute atomic E-state index is 12.3. The summed E-state index contributed by atoms with van der Waals surface area (Å²) in [6.45, 7) is 2.82. The van der Waals surface area contributed by atoms with E-state index >= 15 is 0 Å². The van der Waals surface area contributed by atoms with Gasteiger partial charge in [-0.2, -0.15) is 0 Å². The fourth-order valence-corrected chi connectivity index (χ4v) is 2.78. The molecule has 0 saturated heterocycles. The van der Waals surface area contributed by atoms with Crippen LogP contribution in [0.2, 0.25) is 0 Å². The third-order valence-electron chi connectivity index (χ3n) is 3.01. The molecule has 2 aromatic rings. The number of aryl methyl sites for hydroxylation is 1. The lowest BCUT2D eigenvalue weighted by Gasteiger charge is -2.10. The molecule has 0 aromatic carbocycles. The first-order valence-electron chi connectivity index (χ1n) is 6.31. The molecule has 0 saturated carbocycles. The third-order valence-corrected chi connectivity index (χ3v) is 4.09. The molecule has 0 aliphatic heterocycles. The molecule has 0 spiro atoms. The van der Waals surface area contributed by atoms with Crippen molar-refractivity contribution in [3.05, 3.63) is 39.8 Å². The van der Waals surface area contributed by atoms with Gasteiger partial charge < -0.3 is 19.7 Å². The highest BCUT2D eigenvalue weighted by atomic mass is 32.1. The first-order chi connectivity index (χ1) is 10.0. The Morgan fingerprint density at radius 1 is 1.48 bits per heavy atom. The van der Waals surface area contributed by atoms with Crippen molar-refractivity contribution in [1.82, 2.24) is 4.57 Å². The number of hydrogen-bond donors (Lipinski definition) is 2. The smallest absolute Gasteiger partial charge is 0.348 e. The van der Waals surface area contributed by atoms with Crippen LogP contribution in [-0.4, -0.2) is 35.3 Å². The van der Waals surface area contributed by atoms with Crippen LogP contribution < -0.4 is 5.32 Å². The first kappa shape index (κ1) is 15.3. The fourth-order valence-electron chi connectivity index (χ4n) is 1.94. The molecule has 0 aliphatic carbocycles. The van der Waals surface area contributed by atoms with Crippen LogP contribution in [0.1, 0.15) is 25.7 Å². The summed E-state index contributed by atoms with van der Waals surface area (Å²) in [4.78, 5) is 23.6. The van der Waals surface area contributed by atoms with Crippen molar-refractivity contribution in [2.75, 3.05) is 19.0 Å². The quantitative estimate of drug-likeness (QED) is 0.859. The summed E-state index contributed by atoms with van der Waals surface area (Å²) in [7, 11) is 1.59. The number of thiophene rings is 1. The largest absolute Gasteiger partial charge is 0.477 e. The zero-order valence-corrected chi connectivity index (χ0v) is 12.6. The molecule has 2 N–H and O–H groups in total. The van der Waals surface area contributed by atoms with Crippen molar-refractivity contribution >= 4 is 28.9 Å². The van der Waals surface area contributed by atoms with Crippen LogP contribution in [0, 0.1) is 6.92 Å². The van der Waals surface area contributed by atoms with Crippen LogP contribution >= 0.6 is 11.3 Å². The van der Waals surface area contributed by atoms with Gasteiger partial charge in [-0.05, 0) is 30.0 Å². The number of carbonyl (C=O) groups is 2. The molecule has 2 heterocycles. The van der Waals surface area contributed by atoms with Crippen LogP contribution in [-0.2, 0) is 11.3 Å². The lowest BCUT2D eigenvalue weighted by Crippen LogP contribution is -2.19. The molecule has 21 heavy (non-hydrogen) atoms. The minimum absolute atomic E-state index is 0.135. The molecule has 0 bridgehead atoms. The van der Waals surface area contributed by atoms with Crippen LogP contribution in [0.3, 0.4) is 0 Å². The number of carboxylic acid groups (broad SMARTS) is 1. The zero-order chi connectivity index (χ0) is 15.4. The Kier molecular flexibility index (Phi) is 4.77. The highest BCUT2D eigenvalue weighted by Crippen LogP contribution is 2.28. The van der Waals surface area contributed by atoms with E-state index in [0.717, 1.165) is 16.9 Å². The van der Waals surface area contributed by atoms with Crippen LogP contribution in [0.25, 0.3) is 0 Å². The van der Waals surface area contributed by atoms with E-state index in [0.29, 0.717) is 24.5 Å². The lowest BCUT2D eigenvalue weighted by molar-refractivity contribution is 0.0703. The average molecular weight is 308 g/mol. The van der Waals surface area contributed by atoms with E-state index in [1.54, 1.807) is 42.3 Å². The molecule has 2 rings (SSSR count). The molecular weight excluding hydrogens is 292 g/mol. The number of aromatic nitrogens is 1. The Hall–Kier alpha value is -2.12. The van der Waals surface area contributed by atoms with Gasteiger partial charge in [-0.3, -0.25) is 4.79 Å². The molecular formula is C14H16N2O4S. The summed E-state index contributed by atoms with van der Waals surface area (Å²) < 4.78 is 6.76. The number of carboxylic acids is 1. The maximum atomic E-state index is 12.3. The molecule has 0 unspecified atom stereocenters. The average Bonchev–Trinajstić information content (AvgIpc) is 3.04. The lowest BCUT2D eigenvalue weighted by atomic mass is 10.2. The highest BCUT2D eigenvalue weighted by molar-refractivity contribution is 7.12.